The Kier molecular flexibility index (Phi) is 6.24. The Labute approximate surface area is 61.5 Å². The first-order valence-corrected chi connectivity index (χ1v) is 3.92. The van der Waals surface area contributed by atoms with Crippen LogP contribution in [0, 0.1) is 0 Å². The topological polar surface area (TPSA) is 0 Å². The smallest absolute Gasteiger partial charge is 0.172 e. The van der Waals surface area contributed by atoms with E-state index in [1.807, 2.05) is 0 Å². The third-order valence-electron chi connectivity index (χ3n) is 1.03. The SMILES string of the molecule is CCCCCB(Cl)Cl. The van der Waals surface area contributed by atoms with Crippen molar-refractivity contribution in [3.8, 4) is 0 Å². The molecule has 0 saturated heterocycles. The van der Waals surface area contributed by atoms with E-state index in [9.17, 15) is 0 Å². The second kappa shape index (κ2) is 5.78. The van der Waals surface area contributed by atoms with E-state index in [4.69, 9.17) is 22.9 Å². The van der Waals surface area contributed by atoms with Gasteiger partial charge in [-0.1, -0.05) is 26.2 Å². The Balaban J connectivity index is 2.72. The summed E-state index contributed by atoms with van der Waals surface area (Å²) in [5, 5.41) is 0. The maximum atomic E-state index is 5.48. The monoisotopic (exact) mass is 152 g/mol. The van der Waals surface area contributed by atoms with Crippen LogP contribution in [0.1, 0.15) is 26.2 Å². The van der Waals surface area contributed by atoms with Gasteiger partial charge in [0.2, 0.25) is 0 Å². The lowest BCUT2D eigenvalue weighted by Crippen LogP contribution is -1.89. The van der Waals surface area contributed by atoms with Gasteiger partial charge in [-0.25, -0.2) is 0 Å². The van der Waals surface area contributed by atoms with Crippen LogP contribution in [0.15, 0.2) is 0 Å². The maximum Gasteiger partial charge on any atom is 0.351 e. The van der Waals surface area contributed by atoms with E-state index in [1.165, 1.54) is 12.8 Å². The third kappa shape index (κ3) is 6.64. The van der Waals surface area contributed by atoms with Crippen molar-refractivity contribution in [2.45, 2.75) is 32.5 Å². The lowest BCUT2D eigenvalue weighted by molar-refractivity contribution is 0.769. The summed E-state index contributed by atoms with van der Waals surface area (Å²) >= 11 is 11.0. The predicted octanol–water partition coefficient (Wildman–Crippen LogP) is 3.14. The molecule has 0 spiro atoms. The Hall–Kier alpha value is 0.645. The number of halogens is 2. The van der Waals surface area contributed by atoms with Crippen LogP contribution in [-0.2, 0) is 0 Å². The average Bonchev–Trinajstić information content (AvgIpc) is 1.66. The summed E-state index contributed by atoms with van der Waals surface area (Å²) < 4.78 is 0. The van der Waals surface area contributed by atoms with Crippen molar-refractivity contribution in [2.24, 2.45) is 0 Å². The van der Waals surface area contributed by atoms with Gasteiger partial charge in [-0.2, -0.15) is 22.9 Å². The van der Waals surface area contributed by atoms with Gasteiger partial charge < -0.3 is 0 Å². The van der Waals surface area contributed by atoms with Crippen molar-refractivity contribution in [3.63, 3.8) is 0 Å². The second-order valence-corrected chi connectivity index (χ2v) is 3.16. The lowest BCUT2D eigenvalue weighted by Gasteiger charge is -1.93. The van der Waals surface area contributed by atoms with Crippen LogP contribution in [0.2, 0.25) is 6.32 Å². The molecule has 0 aliphatic carbocycles. The molecule has 48 valence electrons. The standard InChI is InChI=1S/C5H11BCl2/c1-2-3-4-5-6(7)8/h2-5H2,1H3. The molecule has 0 nitrogen and oxygen atoms in total. The fourth-order valence-electron chi connectivity index (χ4n) is 0.549. The second-order valence-electron chi connectivity index (χ2n) is 1.89. The minimum absolute atomic E-state index is 0.151. The number of unbranched alkanes of at least 4 members (excludes halogenated alkanes) is 2. The van der Waals surface area contributed by atoms with Crippen molar-refractivity contribution >= 4 is 28.5 Å². The van der Waals surface area contributed by atoms with Crippen LogP contribution < -0.4 is 0 Å². The third-order valence-corrected chi connectivity index (χ3v) is 1.46. The van der Waals surface area contributed by atoms with E-state index in [0.29, 0.717) is 0 Å². The molecule has 0 atom stereocenters. The highest BCUT2D eigenvalue weighted by molar-refractivity contribution is 7.33. The molecule has 0 aromatic heterocycles. The molecule has 8 heavy (non-hydrogen) atoms. The van der Waals surface area contributed by atoms with Crippen LogP contribution in [0.25, 0.3) is 0 Å². The number of hydrogen-bond acceptors (Lipinski definition) is 0. The summed E-state index contributed by atoms with van der Waals surface area (Å²) in [4.78, 5) is 0. The highest BCUT2D eigenvalue weighted by Crippen LogP contribution is 2.08. The molecule has 0 aromatic carbocycles. The Morgan fingerprint density at radius 2 is 1.88 bits per heavy atom. The summed E-state index contributed by atoms with van der Waals surface area (Å²) in [5.74, 6) is 0. The normalized spacial score (nSPS) is 9.38. The fourth-order valence-corrected chi connectivity index (χ4v) is 0.857. The summed E-state index contributed by atoms with van der Waals surface area (Å²) in [5.41, 5.74) is -0.151. The van der Waals surface area contributed by atoms with Crippen LogP contribution in [0.4, 0.5) is 0 Å². The van der Waals surface area contributed by atoms with Gasteiger partial charge in [-0.05, 0) is 6.32 Å². The Bertz CT molecular complexity index is 47.7. The zero-order chi connectivity index (χ0) is 6.41. The van der Waals surface area contributed by atoms with Crippen LogP contribution in [0.3, 0.4) is 0 Å². The van der Waals surface area contributed by atoms with E-state index in [-0.39, 0.29) is 5.54 Å². The molecule has 0 unspecified atom stereocenters. The first kappa shape index (κ1) is 8.64. The number of rotatable bonds is 4. The van der Waals surface area contributed by atoms with Gasteiger partial charge in [0.25, 0.3) is 0 Å². The predicted molar refractivity (Wildman–Crippen MR) is 41.8 cm³/mol. The molecule has 0 fully saturated rings. The van der Waals surface area contributed by atoms with Gasteiger partial charge in [0.1, 0.15) is 0 Å². The average molecular weight is 153 g/mol. The van der Waals surface area contributed by atoms with E-state index in [0.717, 1.165) is 12.7 Å². The zero-order valence-corrected chi connectivity index (χ0v) is 6.67. The quantitative estimate of drug-likeness (QED) is 0.429. The number of hydrogen-bond donors (Lipinski definition) is 0. The Morgan fingerprint density at radius 1 is 1.25 bits per heavy atom. The molecule has 0 rings (SSSR count). The lowest BCUT2D eigenvalue weighted by atomic mass is 9.96. The molecule has 0 bridgehead atoms. The molecule has 0 heterocycles. The first-order valence-electron chi connectivity index (χ1n) is 3.05. The summed E-state index contributed by atoms with van der Waals surface area (Å²) in [6, 6.07) is 0. The van der Waals surface area contributed by atoms with Crippen LogP contribution in [-0.4, -0.2) is 5.54 Å². The zero-order valence-electron chi connectivity index (χ0n) is 5.16. The van der Waals surface area contributed by atoms with Gasteiger partial charge in [0.15, 0.2) is 0 Å². The summed E-state index contributed by atoms with van der Waals surface area (Å²) in [6.07, 6.45) is 4.58. The molecule has 0 aliphatic heterocycles. The Morgan fingerprint density at radius 3 is 2.25 bits per heavy atom. The minimum Gasteiger partial charge on any atom is -0.172 e. The van der Waals surface area contributed by atoms with Crippen molar-refractivity contribution in [1.29, 1.82) is 0 Å². The molecule has 0 aromatic rings. The summed E-state index contributed by atoms with van der Waals surface area (Å²) in [6.45, 7) is 2.16. The van der Waals surface area contributed by atoms with Gasteiger partial charge in [-0.15, -0.1) is 0 Å². The first-order chi connectivity index (χ1) is 3.77. The van der Waals surface area contributed by atoms with E-state index in [2.05, 4.69) is 6.92 Å². The van der Waals surface area contributed by atoms with Gasteiger partial charge in [0, 0.05) is 0 Å². The van der Waals surface area contributed by atoms with Crippen molar-refractivity contribution < 1.29 is 0 Å². The molecular weight excluding hydrogens is 142 g/mol. The van der Waals surface area contributed by atoms with E-state index in [1.54, 1.807) is 0 Å². The molecule has 0 radical (unpaired) electrons. The molecule has 0 amide bonds. The van der Waals surface area contributed by atoms with Crippen molar-refractivity contribution in [1.82, 2.24) is 0 Å². The molecule has 0 N–H and O–H groups in total. The molecular formula is C5H11BCl2. The van der Waals surface area contributed by atoms with E-state index >= 15 is 0 Å². The van der Waals surface area contributed by atoms with E-state index < -0.39 is 0 Å². The fraction of sp³-hybridized carbons (Fsp3) is 1.00. The van der Waals surface area contributed by atoms with Gasteiger partial charge in [-0.3, -0.25) is 0 Å². The summed E-state index contributed by atoms with van der Waals surface area (Å²) in [7, 11) is 0. The molecule has 0 aliphatic rings. The highest BCUT2D eigenvalue weighted by atomic mass is 35.5. The minimum atomic E-state index is -0.151. The molecule has 0 saturated carbocycles. The van der Waals surface area contributed by atoms with Crippen molar-refractivity contribution in [2.75, 3.05) is 0 Å². The molecule has 3 heteroatoms. The maximum absolute atomic E-state index is 5.48. The van der Waals surface area contributed by atoms with Gasteiger partial charge >= 0.3 is 5.54 Å². The van der Waals surface area contributed by atoms with Crippen LogP contribution >= 0.6 is 22.9 Å². The largest absolute Gasteiger partial charge is 0.351 e. The van der Waals surface area contributed by atoms with Gasteiger partial charge in [0.05, 0.1) is 0 Å². The highest BCUT2D eigenvalue weighted by Gasteiger charge is 2.02. The van der Waals surface area contributed by atoms with Crippen molar-refractivity contribution in [3.05, 3.63) is 0 Å². The van der Waals surface area contributed by atoms with Crippen LogP contribution in [0.5, 0.6) is 0 Å².